The van der Waals surface area contributed by atoms with Crippen molar-refractivity contribution in [3.8, 4) is 16.9 Å². The summed E-state index contributed by atoms with van der Waals surface area (Å²) in [5.41, 5.74) is 0.233. The molecule has 0 fully saturated rings. The molecule has 0 unspecified atom stereocenters. The standard InChI is InChI=1S/C20H21ClFNO5/c1-20(2,3)28-19(26)23-4-5-27-17-9-12(6-14(10-17)18(24)25)13-7-15(21)11-16(22)8-13/h6-11H,4-5H2,1-3H3,(H,23,26)(H,24,25). The van der Waals surface area contributed by atoms with Gasteiger partial charge in [-0.1, -0.05) is 11.6 Å². The summed E-state index contributed by atoms with van der Waals surface area (Å²) >= 11 is 5.88. The molecule has 0 aliphatic heterocycles. The zero-order chi connectivity index (χ0) is 20.9. The highest BCUT2D eigenvalue weighted by Crippen LogP contribution is 2.29. The summed E-state index contributed by atoms with van der Waals surface area (Å²) in [6.07, 6.45) is -0.578. The number of alkyl carbamates (subject to hydrolysis) is 1. The van der Waals surface area contributed by atoms with Crippen molar-refractivity contribution in [3.63, 3.8) is 0 Å². The number of nitrogens with one attached hydrogen (secondary N) is 1. The third-order valence-electron chi connectivity index (χ3n) is 3.39. The molecular weight excluding hydrogens is 389 g/mol. The van der Waals surface area contributed by atoms with Crippen molar-refractivity contribution in [2.75, 3.05) is 13.2 Å². The lowest BCUT2D eigenvalue weighted by Crippen LogP contribution is -2.34. The Hall–Kier alpha value is -2.80. The van der Waals surface area contributed by atoms with Gasteiger partial charge in [-0.05, 0) is 68.3 Å². The number of carbonyl (C=O) groups excluding carboxylic acids is 1. The number of hydrogen-bond acceptors (Lipinski definition) is 4. The molecule has 2 aromatic carbocycles. The third kappa shape index (κ3) is 6.74. The maximum atomic E-state index is 13.6. The molecule has 0 aromatic heterocycles. The molecule has 28 heavy (non-hydrogen) atoms. The Kier molecular flexibility index (Phi) is 6.85. The summed E-state index contributed by atoms with van der Waals surface area (Å²) in [6, 6.07) is 8.26. The highest BCUT2D eigenvalue weighted by Gasteiger charge is 2.15. The summed E-state index contributed by atoms with van der Waals surface area (Å²) < 4.78 is 24.3. The molecule has 2 rings (SSSR count). The average Bonchev–Trinajstić information content (AvgIpc) is 2.56. The number of carboxylic acids is 1. The molecule has 2 aromatic rings. The quantitative estimate of drug-likeness (QED) is 0.672. The predicted octanol–water partition coefficient (Wildman–Crippen LogP) is 4.75. The molecule has 0 heterocycles. The van der Waals surface area contributed by atoms with Gasteiger partial charge in [0.05, 0.1) is 12.1 Å². The van der Waals surface area contributed by atoms with E-state index in [-0.39, 0.29) is 29.5 Å². The minimum Gasteiger partial charge on any atom is -0.492 e. The smallest absolute Gasteiger partial charge is 0.407 e. The van der Waals surface area contributed by atoms with E-state index in [9.17, 15) is 19.1 Å². The largest absolute Gasteiger partial charge is 0.492 e. The lowest BCUT2D eigenvalue weighted by molar-refractivity contribution is 0.0520. The highest BCUT2D eigenvalue weighted by molar-refractivity contribution is 6.30. The van der Waals surface area contributed by atoms with Crippen LogP contribution in [0.4, 0.5) is 9.18 Å². The van der Waals surface area contributed by atoms with Gasteiger partial charge in [-0.3, -0.25) is 0 Å². The lowest BCUT2D eigenvalue weighted by Gasteiger charge is -2.19. The van der Waals surface area contributed by atoms with Crippen molar-refractivity contribution in [1.29, 1.82) is 0 Å². The predicted molar refractivity (Wildman–Crippen MR) is 104 cm³/mol. The SMILES string of the molecule is CC(C)(C)OC(=O)NCCOc1cc(C(=O)O)cc(-c2cc(F)cc(Cl)c2)c1. The van der Waals surface area contributed by atoms with Crippen molar-refractivity contribution in [1.82, 2.24) is 5.32 Å². The molecule has 150 valence electrons. The molecule has 0 atom stereocenters. The Bertz CT molecular complexity index is 859. The van der Waals surface area contributed by atoms with Crippen molar-refractivity contribution < 1.29 is 28.6 Å². The Morgan fingerprint density at radius 3 is 2.39 bits per heavy atom. The van der Waals surface area contributed by atoms with E-state index < -0.39 is 23.5 Å². The minimum atomic E-state index is -1.15. The van der Waals surface area contributed by atoms with Crippen LogP contribution < -0.4 is 10.1 Å². The van der Waals surface area contributed by atoms with E-state index >= 15 is 0 Å². The average molecular weight is 410 g/mol. The molecule has 0 aliphatic rings. The summed E-state index contributed by atoms with van der Waals surface area (Å²) in [4.78, 5) is 23.0. The number of amides is 1. The van der Waals surface area contributed by atoms with Gasteiger partial charge >= 0.3 is 12.1 Å². The maximum Gasteiger partial charge on any atom is 0.407 e. The zero-order valence-corrected chi connectivity index (χ0v) is 16.5. The number of aromatic carboxylic acids is 1. The van der Waals surface area contributed by atoms with Crippen LogP contribution in [-0.2, 0) is 4.74 Å². The normalized spacial score (nSPS) is 11.0. The first-order chi connectivity index (χ1) is 13.0. The molecule has 0 saturated heterocycles. The molecule has 0 spiro atoms. The Labute approximate surface area is 167 Å². The maximum absolute atomic E-state index is 13.6. The molecule has 8 heteroatoms. The summed E-state index contributed by atoms with van der Waals surface area (Å²) in [7, 11) is 0. The van der Waals surface area contributed by atoms with Crippen LogP contribution in [-0.4, -0.2) is 35.9 Å². The van der Waals surface area contributed by atoms with E-state index in [2.05, 4.69) is 5.32 Å². The van der Waals surface area contributed by atoms with E-state index in [1.165, 1.54) is 24.3 Å². The van der Waals surface area contributed by atoms with Crippen LogP contribution in [0.3, 0.4) is 0 Å². The molecular formula is C20H21ClFNO5. The zero-order valence-electron chi connectivity index (χ0n) is 15.7. The first-order valence-electron chi connectivity index (χ1n) is 8.48. The van der Waals surface area contributed by atoms with Crippen molar-refractivity contribution in [2.24, 2.45) is 0 Å². The Morgan fingerprint density at radius 1 is 1.11 bits per heavy atom. The molecule has 1 amide bonds. The first kappa shape index (κ1) is 21.5. The summed E-state index contributed by atoms with van der Waals surface area (Å²) in [6.45, 7) is 5.50. The minimum absolute atomic E-state index is 0.0204. The molecule has 2 N–H and O–H groups in total. The van der Waals surface area contributed by atoms with Crippen LogP contribution >= 0.6 is 11.6 Å². The van der Waals surface area contributed by atoms with Crippen molar-refractivity contribution >= 4 is 23.7 Å². The van der Waals surface area contributed by atoms with E-state index in [0.29, 0.717) is 11.1 Å². The van der Waals surface area contributed by atoms with Gasteiger partial charge < -0.3 is 19.9 Å². The number of halogens is 2. The van der Waals surface area contributed by atoms with Crippen LogP contribution in [0.15, 0.2) is 36.4 Å². The molecule has 0 radical (unpaired) electrons. The van der Waals surface area contributed by atoms with Gasteiger partial charge in [-0.25, -0.2) is 14.0 Å². The van der Waals surface area contributed by atoms with Crippen molar-refractivity contribution in [2.45, 2.75) is 26.4 Å². The third-order valence-corrected chi connectivity index (χ3v) is 3.61. The van der Waals surface area contributed by atoms with Gasteiger partial charge in [0.2, 0.25) is 0 Å². The first-order valence-corrected chi connectivity index (χ1v) is 8.86. The molecule has 0 bridgehead atoms. The second kappa shape index (κ2) is 8.93. The van der Waals surface area contributed by atoms with Crippen LogP contribution in [0.2, 0.25) is 5.02 Å². The fourth-order valence-corrected chi connectivity index (χ4v) is 2.55. The van der Waals surface area contributed by atoms with Gasteiger partial charge in [-0.2, -0.15) is 0 Å². The van der Waals surface area contributed by atoms with Crippen LogP contribution in [0.25, 0.3) is 11.1 Å². The summed E-state index contributed by atoms with van der Waals surface area (Å²) in [5.74, 6) is -1.42. The number of carbonyl (C=O) groups is 2. The van der Waals surface area contributed by atoms with E-state index in [0.717, 1.165) is 6.07 Å². The van der Waals surface area contributed by atoms with Crippen LogP contribution in [0, 0.1) is 5.82 Å². The topological polar surface area (TPSA) is 84.9 Å². The lowest BCUT2D eigenvalue weighted by atomic mass is 10.0. The molecule has 6 nitrogen and oxygen atoms in total. The van der Waals surface area contributed by atoms with E-state index in [1.807, 2.05) is 0 Å². The Morgan fingerprint density at radius 2 is 1.79 bits per heavy atom. The second-order valence-electron chi connectivity index (χ2n) is 6.99. The molecule has 0 saturated carbocycles. The van der Waals surface area contributed by atoms with Gasteiger partial charge in [-0.15, -0.1) is 0 Å². The monoisotopic (exact) mass is 409 g/mol. The fourth-order valence-electron chi connectivity index (χ4n) is 2.33. The number of carboxylic acid groups (broad SMARTS) is 1. The molecule has 0 aliphatic carbocycles. The number of rotatable bonds is 6. The van der Waals surface area contributed by atoms with Crippen LogP contribution in [0.5, 0.6) is 5.75 Å². The second-order valence-corrected chi connectivity index (χ2v) is 7.42. The van der Waals surface area contributed by atoms with E-state index in [4.69, 9.17) is 21.1 Å². The van der Waals surface area contributed by atoms with Crippen LogP contribution in [0.1, 0.15) is 31.1 Å². The van der Waals surface area contributed by atoms with Gasteiger partial charge in [0.15, 0.2) is 0 Å². The van der Waals surface area contributed by atoms with Crippen molar-refractivity contribution in [3.05, 3.63) is 52.8 Å². The number of hydrogen-bond donors (Lipinski definition) is 2. The van der Waals surface area contributed by atoms with Gasteiger partial charge in [0, 0.05) is 5.02 Å². The number of benzene rings is 2. The number of ether oxygens (including phenoxy) is 2. The highest BCUT2D eigenvalue weighted by atomic mass is 35.5. The van der Waals surface area contributed by atoms with Gasteiger partial charge in [0.1, 0.15) is 23.8 Å². The van der Waals surface area contributed by atoms with E-state index in [1.54, 1.807) is 26.8 Å². The summed E-state index contributed by atoms with van der Waals surface area (Å²) in [5, 5.41) is 12.0. The van der Waals surface area contributed by atoms with Gasteiger partial charge in [0.25, 0.3) is 0 Å². The fraction of sp³-hybridized carbons (Fsp3) is 0.300. The Balaban J connectivity index is 2.11.